The van der Waals surface area contributed by atoms with Crippen molar-refractivity contribution in [1.29, 1.82) is 0 Å². The van der Waals surface area contributed by atoms with Crippen molar-refractivity contribution in [2.45, 2.75) is 32.2 Å². The molecule has 1 atom stereocenters. The largest absolute Gasteiger partial charge is 0.450 e. The van der Waals surface area contributed by atoms with E-state index < -0.39 is 0 Å². The van der Waals surface area contributed by atoms with Crippen molar-refractivity contribution in [3.63, 3.8) is 0 Å². The van der Waals surface area contributed by atoms with Gasteiger partial charge in [0, 0.05) is 37.9 Å². The third-order valence-electron chi connectivity index (χ3n) is 5.19. The maximum Gasteiger partial charge on any atom is 0.409 e. The molecule has 25 heavy (non-hydrogen) atoms. The number of piperidine rings is 1. The van der Waals surface area contributed by atoms with Gasteiger partial charge in [0.15, 0.2) is 0 Å². The van der Waals surface area contributed by atoms with Crippen molar-refractivity contribution < 1.29 is 13.9 Å². The van der Waals surface area contributed by atoms with Crippen LogP contribution in [0.2, 0.25) is 0 Å². The first kappa shape index (κ1) is 18.0. The van der Waals surface area contributed by atoms with Crippen LogP contribution in [0.1, 0.15) is 26.2 Å². The van der Waals surface area contributed by atoms with Crippen molar-refractivity contribution >= 4 is 11.8 Å². The molecule has 138 valence electrons. The molecule has 3 rings (SSSR count). The van der Waals surface area contributed by atoms with E-state index in [0.717, 1.165) is 57.7 Å². The molecular formula is C19H28FN3O2. The predicted octanol–water partition coefficient (Wildman–Crippen LogP) is 2.86. The molecule has 1 amide bonds. The molecule has 6 heteroatoms. The number of hydrogen-bond donors (Lipinski definition) is 1. The summed E-state index contributed by atoms with van der Waals surface area (Å²) < 4.78 is 18.1. The number of carbonyl (C=O) groups excluding carboxylic acids is 1. The monoisotopic (exact) mass is 349 g/mol. The van der Waals surface area contributed by atoms with Crippen LogP contribution < -0.4 is 10.2 Å². The quantitative estimate of drug-likeness (QED) is 0.888. The number of carbonyl (C=O) groups is 1. The average molecular weight is 349 g/mol. The Labute approximate surface area is 149 Å². The summed E-state index contributed by atoms with van der Waals surface area (Å²) in [5.74, 6) is 0.434. The number of nitrogens with zero attached hydrogens (tertiary/aromatic N) is 2. The summed E-state index contributed by atoms with van der Waals surface area (Å²) in [5, 5.41) is 3.67. The molecule has 0 radical (unpaired) electrons. The zero-order valence-electron chi connectivity index (χ0n) is 14.9. The minimum absolute atomic E-state index is 0.185. The maximum absolute atomic E-state index is 13.0. The minimum atomic E-state index is -0.188. The van der Waals surface area contributed by atoms with Gasteiger partial charge in [-0.1, -0.05) is 0 Å². The van der Waals surface area contributed by atoms with Gasteiger partial charge < -0.3 is 19.9 Å². The van der Waals surface area contributed by atoms with Gasteiger partial charge in [-0.15, -0.1) is 0 Å². The van der Waals surface area contributed by atoms with Crippen LogP contribution in [-0.4, -0.2) is 56.4 Å². The fraction of sp³-hybridized carbons (Fsp3) is 0.632. The van der Waals surface area contributed by atoms with E-state index in [1.54, 1.807) is 4.90 Å². The van der Waals surface area contributed by atoms with Crippen LogP contribution in [0, 0.1) is 11.7 Å². The fourth-order valence-electron chi connectivity index (χ4n) is 3.70. The number of nitrogens with one attached hydrogen (secondary N) is 1. The number of likely N-dealkylation sites (tertiary alicyclic amines) is 1. The Kier molecular flexibility index (Phi) is 6.13. The maximum atomic E-state index is 13.0. The lowest BCUT2D eigenvalue weighted by atomic mass is 10.0. The van der Waals surface area contributed by atoms with Crippen molar-refractivity contribution in [2.75, 3.05) is 44.2 Å². The molecule has 1 aromatic carbocycles. The molecule has 0 saturated carbocycles. The number of rotatable bonds is 5. The van der Waals surface area contributed by atoms with Crippen LogP contribution in [0.5, 0.6) is 0 Å². The number of benzene rings is 1. The second-order valence-electron chi connectivity index (χ2n) is 6.95. The average Bonchev–Trinajstić information content (AvgIpc) is 3.10. The van der Waals surface area contributed by atoms with Gasteiger partial charge in [0.25, 0.3) is 0 Å². The SMILES string of the molecule is CCOC(=O)N1CCC(NC[C@@H]2CCN(c3ccc(F)cc3)C2)CC1. The summed E-state index contributed by atoms with van der Waals surface area (Å²) in [6.45, 7) is 6.85. The van der Waals surface area contributed by atoms with Gasteiger partial charge >= 0.3 is 6.09 Å². The highest BCUT2D eigenvalue weighted by molar-refractivity contribution is 5.67. The standard InChI is InChI=1S/C19H28FN3O2/c1-2-25-19(24)22-11-8-17(9-12-22)21-13-15-7-10-23(14-15)18-5-3-16(20)4-6-18/h3-6,15,17,21H,2,7-14H2,1H3/t15-/m0/s1. The van der Waals surface area contributed by atoms with Crippen LogP contribution in [-0.2, 0) is 4.74 Å². The van der Waals surface area contributed by atoms with Gasteiger partial charge in [-0.05, 0) is 62.9 Å². The van der Waals surface area contributed by atoms with Crippen molar-refractivity contribution in [1.82, 2.24) is 10.2 Å². The van der Waals surface area contributed by atoms with E-state index in [1.807, 2.05) is 19.1 Å². The Morgan fingerprint density at radius 3 is 2.60 bits per heavy atom. The number of anilines is 1. The minimum Gasteiger partial charge on any atom is -0.450 e. The van der Waals surface area contributed by atoms with E-state index in [9.17, 15) is 9.18 Å². The van der Waals surface area contributed by atoms with Crippen LogP contribution in [0.3, 0.4) is 0 Å². The van der Waals surface area contributed by atoms with Crippen LogP contribution in [0.25, 0.3) is 0 Å². The van der Waals surface area contributed by atoms with Crippen LogP contribution in [0.4, 0.5) is 14.9 Å². The lowest BCUT2D eigenvalue weighted by Gasteiger charge is -2.32. The molecule has 5 nitrogen and oxygen atoms in total. The zero-order chi connectivity index (χ0) is 17.6. The van der Waals surface area contributed by atoms with Gasteiger partial charge in [0.05, 0.1) is 6.61 Å². The van der Waals surface area contributed by atoms with Crippen molar-refractivity contribution in [2.24, 2.45) is 5.92 Å². The zero-order valence-corrected chi connectivity index (χ0v) is 14.9. The Morgan fingerprint density at radius 1 is 1.20 bits per heavy atom. The second kappa shape index (κ2) is 8.52. The Bertz CT molecular complexity index is 558. The molecule has 2 aliphatic heterocycles. The molecular weight excluding hydrogens is 321 g/mol. The van der Waals surface area contributed by atoms with Crippen LogP contribution in [0.15, 0.2) is 24.3 Å². The molecule has 0 bridgehead atoms. The molecule has 0 aliphatic carbocycles. The van der Waals surface area contributed by atoms with Gasteiger partial charge in [-0.3, -0.25) is 0 Å². The molecule has 2 aliphatic rings. The Balaban J connectivity index is 1.37. The molecule has 2 saturated heterocycles. The molecule has 0 spiro atoms. The van der Waals surface area contributed by atoms with Gasteiger partial charge in [-0.2, -0.15) is 0 Å². The summed E-state index contributed by atoms with van der Waals surface area (Å²) in [6.07, 6.45) is 2.93. The highest BCUT2D eigenvalue weighted by atomic mass is 19.1. The smallest absolute Gasteiger partial charge is 0.409 e. The fourth-order valence-corrected chi connectivity index (χ4v) is 3.70. The first-order valence-electron chi connectivity index (χ1n) is 9.31. The topological polar surface area (TPSA) is 44.8 Å². The van der Waals surface area contributed by atoms with Crippen LogP contribution >= 0.6 is 0 Å². The first-order chi connectivity index (χ1) is 12.2. The molecule has 0 aromatic heterocycles. The van der Waals surface area contributed by atoms with E-state index in [4.69, 9.17) is 4.74 Å². The summed E-state index contributed by atoms with van der Waals surface area (Å²) in [7, 11) is 0. The summed E-state index contributed by atoms with van der Waals surface area (Å²) in [6, 6.07) is 7.24. The molecule has 0 unspecified atom stereocenters. The first-order valence-corrected chi connectivity index (χ1v) is 9.31. The Morgan fingerprint density at radius 2 is 1.92 bits per heavy atom. The highest BCUT2D eigenvalue weighted by Crippen LogP contribution is 2.24. The lowest BCUT2D eigenvalue weighted by molar-refractivity contribution is 0.0948. The predicted molar refractivity (Wildman–Crippen MR) is 96.3 cm³/mol. The van der Waals surface area contributed by atoms with E-state index in [-0.39, 0.29) is 11.9 Å². The van der Waals surface area contributed by atoms with E-state index in [0.29, 0.717) is 18.6 Å². The summed E-state index contributed by atoms with van der Waals surface area (Å²) in [5.41, 5.74) is 1.10. The number of halogens is 1. The molecule has 1 N–H and O–H groups in total. The number of ether oxygens (including phenoxy) is 1. The molecule has 1 aromatic rings. The van der Waals surface area contributed by atoms with E-state index in [1.165, 1.54) is 12.1 Å². The Hall–Kier alpha value is -1.82. The summed E-state index contributed by atoms with van der Waals surface area (Å²) in [4.78, 5) is 15.8. The van der Waals surface area contributed by atoms with Gasteiger partial charge in [0.1, 0.15) is 5.82 Å². The van der Waals surface area contributed by atoms with Gasteiger partial charge in [-0.25, -0.2) is 9.18 Å². The number of hydrogen-bond acceptors (Lipinski definition) is 4. The summed E-state index contributed by atoms with van der Waals surface area (Å²) >= 11 is 0. The van der Waals surface area contributed by atoms with Crippen molar-refractivity contribution in [3.8, 4) is 0 Å². The number of amides is 1. The lowest BCUT2D eigenvalue weighted by Crippen LogP contribution is -2.46. The van der Waals surface area contributed by atoms with E-state index >= 15 is 0 Å². The normalized spacial score (nSPS) is 21.6. The second-order valence-corrected chi connectivity index (χ2v) is 6.95. The molecule has 2 heterocycles. The third kappa shape index (κ3) is 4.84. The third-order valence-corrected chi connectivity index (χ3v) is 5.19. The van der Waals surface area contributed by atoms with Crippen molar-refractivity contribution in [3.05, 3.63) is 30.1 Å². The highest BCUT2D eigenvalue weighted by Gasteiger charge is 2.26. The van der Waals surface area contributed by atoms with Gasteiger partial charge in [0.2, 0.25) is 0 Å². The molecule has 2 fully saturated rings. The van der Waals surface area contributed by atoms with E-state index in [2.05, 4.69) is 10.2 Å².